The number of nitrogens with two attached hydrogens (primary N) is 1. The van der Waals surface area contributed by atoms with Crippen LogP contribution in [0.5, 0.6) is 0 Å². The first-order valence-electron chi connectivity index (χ1n) is 5.08. The Labute approximate surface area is 80.0 Å². The van der Waals surface area contributed by atoms with E-state index < -0.39 is 0 Å². The minimum Gasteiger partial charge on any atom is -0.330 e. The zero-order valence-corrected chi connectivity index (χ0v) is 8.16. The molecule has 2 unspecified atom stereocenters. The molecule has 0 amide bonds. The average Bonchev–Trinajstić information content (AvgIpc) is 2.86. The van der Waals surface area contributed by atoms with Crippen LogP contribution in [0.25, 0.3) is 0 Å². The maximum Gasteiger partial charge on any atom is -0.00744 e. The smallest absolute Gasteiger partial charge is 0.00744 e. The van der Waals surface area contributed by atoms with Gasteiger partial charge in [-0.05, 0) is 49.3 Å². The van der Waals surface area contributed by atoms with Gasteiger partial charge in [0.2, 0.25) is 0 Å². The van der Waals surface area contributed by atoms with Crippen LogP contribution in [0.3, 0.4) is 0 Å². The lowest BCUT2D eigenvalue weighted by atomic mass is 10.0. The van der Waals surface area contributed by atoms with Crippen LogP contribution < -0.4 is 5.73 Å². The van der Waals surface area contributed by atoms with Crippen molar-refractivity contribution in [1.82, 2.24) is 0 Å². The lowest BCUT2D eigenvalue weighted by Crippen LogP contribution is -2.00. The molecule has 2 N–H and O–H groups in total. The molecule has 1 aromatic carbocycles. The molecule has 2 atom stereocenters. The highest BCUT2D eigenvalue weighted by molar-refractivity contribution is 5.33. The van der Waals surface area contributed by atoms with Crippen molar-refractivity contribution in [3.63, 3.8) is 0 Å². The molecule has 0 saturated heterocycles. The monoisotopic (exact) mass is 175 g/mol. The molecule has 0 bridgehead atoms. The largest absolute Gasteiger partial charge is 0.330 e. The maximum absolute atomic E-state index is 5.55. The Morgan fingerprint density at radius 3 is 2.85 bits per heavy atom. The second kappa shape index (κ2) is 3.51. The topological polar surface area (TPSA) is 26.0 Å². The van der Waals surface area contributed by atoms with Crippen LogP contribution in [0.2, 0.25) is 0 Å². The van der Waals surface area contributed by atoms with E-state index >= 15 is 0 Å². The summed E-state index contributed by atoms with van der Waals surface area (Å²) in [6, 6.07) is 8.71. The minimum absolute atomic E-state index is 0.810. The van der Waals surface area contributed by atoms with Crippen LogP contribution >= 0.6 is 0 Å². The molecule has 1 nitrogen and oxygen atoms in total. The molecule has 0 heterocycles. The van der Waals surface area contributed by atoms with E-state index in [4.69, 9.17) is 5.73 Å². The highest BCUT2D eigenvalue weighted by Crippen LogP contribution is 2.50. The Morgan fingerprint density at radius 1 is 1.38 bits per heavy atom. The molecule has 1 aliphatic rings. The van der Waals surface area contributed by atoms with E-state index in [1.807, 2.05) is 0 Å². The van der Waals surface area contributed by atoms with Gasteiger partial charge in [-0.1, -0.05) is 24.3 Å². The van der Waals surface area contributed by atoms with E-state index in [9.17, 15) is 0 Å². The summed E-state index contributed by atoms with van der Waals surface area (Å²) in [5, 5.41) is 0. The molecule has 70 valence electrons. The third-order valence-corrected chi connectivity index (χ3v) is 3.05. The Bertz CT molecular complexity index is 293. The first-order chi connectivity index (χ1) is 6.33. The number of hydrogen-bond acceptors (Lipinski definition) is 1. The molecular weight excluding hydrogens is 158 g/mol. The molecule has 1 aliphatic carbocycles. The van der Waals surface area contributed by atoms with Gasteiger partial charge in [0.15, 0.2) is 0 Å². The van der Waals surface area contributed by atoms with Gasteiger partial charge < -0.3 is 5.73 Å². The van der Waals surface area contributed by atoms with Gasteiger partial charge in [-0.15, -0.1) is 0 Å². The third-order valence-electron chi connectivity index (χ3n) is 3.05. The summed E-state index contributed by atoms with van der Waals surface area (Å²) in [6.45, 7) is 3.04. The lowest BCUT2D eigenvalue weighted by Gasteiger charge is -2.03. The van der Waals surface area contributed by atoms with Crippen molar-refractivity contribution in [2.45, 2.75) is 25.7 Å². The Hall–Kier alpha value is -0.820. The zero-order chi connectivity index (χ0) is 9.26. The van der Waals surface area contributed by atoms with Crippen LogP contribution in [-0.4, -0.2) is 6.54 Å². The number of rotatable bonds is 3. The van der Waals surface area contributed by atoms with E-state index in [1.54, 1.807) is 5.56 Å². The van der Waals surface area contributed by atoms with Gasteiger partial charge in [-0.3, -0.25) is 0 Å². The normalized spacial score (nSPS) is 26.0. The molecule has 1 heteroatoms. The first-order valence-corrected chi connectivity index (χ1v) is 5.08. The van der Waals surface area contributed by atoms with Crippen LogP contribution in [0.4, 0.5) is 0 Å². The summed E-state index contributed by atoms with van der Waals surface area (Å²) < 4.78 is 0. The molecular formula is C12H17N. The van der Waals surface area contributed by atoms with Gasteiger partial charge >= 0.3 is 0 Å². The summed E-state index contributed by atoms with van der Waals surface area (Å²) in [4.78, 5) is 0. The van der Waals surface area contributed by atoms with Crippen molar-refractivity contribution in [3.8, 4) is 0 Å². The van der Waals surface area contributed by atoms with Crippen molar-refractivity contribution in [2.75, 3.05) is 6.54 Å². The van der Waals surface area contributed by atoms with E-state index in [1.165, 1.54) is 18.4 Å². The van der Waals surface area contributed by atoms with Gasteiger partial charge in [-0.2, -0.15) is 0 Å². The second-order valence-electron chi connectivity index (χ2n) is 4.04. The maximum atomic E-state index is 5.55. The fraction of sp³-hybridized carbons (Fsp3) is 0.500. The number of aryl methyl sites for hydroxylation is 1. The zero-order valence-electron chi connectivity index (χ0n) is 8.16. The van der Waals surface area contributed by atoms with Crippen molar-refractivity contribution in [1.29, 1.82) is 0 Å². The lowest BCUT2D eigenvalue weighted by molar-refractivity contribution is 0.714. The van der Waals surface area contributed by atoms with E-state index in [0.29, 0.717) is 0 Å². The predicted molar refractivity (Wildman–Crippen MR) is 55.7 cm³/mol. The van der Waals surface area contributed by atoms with Crippen molar-refractivity contribution in [3.05, 3.63) is 35.4 Å². The van der Waals surface area contributed by atoms with Crippen LogP contribution in [0, 0.1) is 12.8 Å². The van der Waals surface area contributed by atoms with Gasteiger partial charge in [-0.25, -0.2) is 0 Å². The molecule has 1 fully saturated rings. The molecule has 0 spiro atoms. The Morgan fingerprint density at radius 2 is 2.15 bits per heavy atom. The molecule has 0 aliphatic heterocycles. The molecule has 1 aromatic rings. The highest BCUT2D eigenvalue weighted by Gasteiger charge is 2.37. The van der Waals surface area contributed by atoms with Crippen LogP contribution in [0.1, 0.15) is 29.9 Å². The third kappa shape index (κ3) is 1.75. The van der Waals surface area contributed by atoms with Gasteiger partial charge in [0.25, 0.3) is 0 Å². The summed E-state index contributed by atoms with van der Waals surface area (Å²) >= 11 is 0. The minimum atomic E-state index is 0.810. The summed E-state index contributed by atoms with van der Waals surface area (Å²) in [7, 11) is 0. The van der Waals surface area contributed by atoms with Gasteiger partial charge in [0.05, 0.1) is 0 Å². The predicted octanol–water partition coefficient (Wildman–Crippen LogP) is 2.45. The standard InChI is InChI=1S/C12H17N/c1-9-4-2-3-5-11(9)12-8-10(12)6-7-13/h2-5,10,12H,6-8,13H2,1H3. The second-order valence-corrected chi connectivity index (χ2v) is 4.04. The van der Waals surface area contributed by atoms with Gasteiger partial charge in [0.1, 0.15) is 0 Å². The molecule has 0 radical (unpaired) electrons. The fourth-order valence-electron chi connectivity index (χ4n) is 2.16. The highest BCUT2D eigenvalue weighted by atomic mass is 14.6. The number of hydrogen-bond donors (Lipinski definition) is 1. The van der Waals surface area contributed by atoms with Crippen molar-refractivity contribution < 1.29 is 0 Å². The first kappa shape index (κ1) is 8.76. The van der Waals surface area contributed by atoms with Gasteiger partial charge in [0, 0.05) is 0 Å². The van der Waals surface area contributed by atoms with E-state index in [2.05, 4.69) is 31.2 Å². The Balaban J connectivity index is 2.07. The summed E-state index contributed by atoms with van der Waals surface area (Å²) in [5.74, 6) is 1.68. The molecule has 0 aromatic heterocycles. The van der Waals surface area contributed by atoms with E-state index in [0.717, 1.165) is 18.4 Å². The van der Waals surface area contributed by atoms with Crippen molar-refractivity contribution >= 4 is 0 Å². The van der Waals surface area contributed by atoms with Crippen LogP contribution in [-0.2, 0) is 0 Å². The SMILES string of the molecule is Cc1ccccc1C1CC1CCN. The quantitative estimate of drug-likeness (QED) is 0.750. The summed E-state index contributed by atoms with van der Waals surface area (Å²) in [5.41, 5.74) is 8.53. The summed E-state index contributed by atoms with van der Waals surface area (Å²) in [6.07, 6.45) is 2.54. The fourth-order valence-corrected chi connectivity index (χ4v) is 2.16. The Kier molecular flexibility index (Phi) is 2.36. The van der Waals surface area contributed by atoms with E-state index in [-0.39, 0.29) is 0 Å². The molecule has 13 heavy (non-hydrogen) atoms. The molecule has 2 rings (SSSR count). The van der Waals surface area contributed by atoms with Crippen LogP contribution in [0.15, 0.2) is 24.3 Å². The van der Waals surface area contributed by atoms with Crippen molar-refractivity contribution in [2.24, 2.45) is 11.7 Å². The molecule has 1 saturated carbocycles. The number of benzene rings is 1. The average molecular weight is 175 g/mol.